The predicted octanol–water partition coefficient (Wildman–Crippen LogP) is 1.40. The van der Waals surface area contributed by atoms with Crippen LogP contribution in [-0.2, 0) is 4.79 Å². The molecule has 15 heavy (non-hydrogen) atoms. The van der Waals surface area contributed by atoms with E-state index in [2.05, 4.69) is 0 Å². The highest BCUT2D eigenvalue weighted by molar-refractivity contribution is 6.02. The second-order valence-electron chi connectivity index (χ2n) is 3.54. The molecule has 0 spiro atoms. The summed E-state index contributed by atoms with van der Waals surface area (Å²) in [5, 5.41) is 0. The van der Waals surface area contributed by atoms with Gasteiger partial charge in [-0.1, -0.05) is 6.07 Å². The van der Waals surface area contributed by atoms with Gasteiger partial charge in [0.25, 0.3) is 5.91 Å². The van der Waals surface area contributed by atoms with Crippen molar-refractivity contribution in [3.63, 3.8) is 0 Å². The summed E-state index contributed by atoms with van der Waals surface area (Å²) in [6.07, 6.45) is -0.431. The maximum absolute atomic E-state index is 11.8. The minimum atomic E-state index is -0.431. The summed E-state index contributed by atoms with van der Waals surface area (Å²) in [5.74, 6) is 0.645. The van der Waals surface area contributed by atoms with Crippen molar-refractivity contribution in [1.29, 1.82) is 0 Å². The monoisotopic (exact) mass is 206 g/mol. The van der Waals surface area contributed by atoms with Crippen LogP contribution in [0.1, 0.15) is 13.8 Å². The Bertz CT molecular complexity index is 404. The van der Waals surface area contributed by atoms with Gasteiger partial charge in [0, 0.05) is 6.54 Å². The van der Waals surface area contributed by atoms with Gasteiger partial charge in [0.2, 0.25) is 0 Å². The Morgan fingerprint density at radius 1 is 1.53 bits per heavy atom. The highest BCUT2D eigenvalue weighted by Gasteiger charge is 2.31. The lowest BCUT2D eigenvalue weighted by atomic mass is 10.1. The van der Waals surface area contributed by atoms with Gasteiger partial charge in [-0.3, -0.25) is 4.79 Å². The quantitative estimate of drug-likeness (QED) is 0.707. The molecule has 1 aliphatic heterocycles. The molecule has 4 heteroatoms. The Kier molecular flexibility index (Phi) is 2.26. The van der Waals surface area contributed by atoms with Crippen molar-refractivity contribution < 1.29 is 9.53 Å². The van der Waals surface area contributed by atoms with E-state index in [-0.39, 0.29) is 5.91 Å². The average molecular weight is 206 g/mol. The summed E-state index contributed by atoms with van der Waals surface area (Å²) in [6.45, 7) is 4.27. The molecule has 0 saturated heterocycles. The third-order valence-electron chi connectivity index (χ3n) is 2.53. The molecule has 2 N–H and O–H groups in total. The zero-order valence-corrected chi connectivity index (χ0v) is 8.86. The topological polar surface area (TPSA) is 55.6 Å². The van der Waals surface area contributed by atoms with Gasteiger partial charge >= 0.3 is 0 Å². The van der Waals surface area contributed by atoms with E-state index in [0.29, 0.717) is 23.7 Å². The fourth-order valence-electron chi connectivity index (χ4n) is 1.81. The molecule has 1 amide bonds. The largest absolute Gasteiger partial charge is 0.479 e. The van der Waals surface area contributed by atoms with E-state index in [1.54, 1.807) is 17.9 Å². The number of hydrogen-bond acceptors (Lipinski definition) is 3. The number of hydrogen-bond donors (Lipinski definition) is 1. The van der Waals surface area contributed by atoms with Gasteiger partial charge in [-0.25, -0.2) is 0 Å². The second-order valence-corrected chi connectivity index (χ2v) is 3.54. The third kappa shape index (κ3) is 1.42. The van der Waals surface area contributed by atoms with Crippen LogP contribution in [-0.4, -0.2) is 18.6 Å². The fraction of sp³-hybridized carbons (Fsp3) is 0.364. The molecule has 1 aromatic rings. The molecule has 0 radical (unpaired) electrons. The summed E-state index contributed by atoms with van der Waals surface area (Å²) < 4.78 is 5.49. The number of rotatable bonds is 1. The van der Waals surface area contributed by atoms with Crippen LogP contribution in [0.2, 0.25) is 0 Å². The number of ether oxygens (including phenoxy) is 1. The second kappa shape index (κ2) is 3.46. The maximum Gasteiger partial charge on any atom is 0.267 e. The highest BCUT2D eigenvalue weighted by Crippen LogP contribution is 2.38. The normalized spacial score (nSPS) is 19.7. The van der Waals surface area contributed by atoms with Crippen LogP contribution in [0.15, 0.2) is 18.2 Å². The first-order valence-corrected chi connectivity index (χ1v) is 5.01. The summed E-state index contributed by atoms with van der Waals surface area (Å²) >= 11 is 0. The number of likely N-dealkylation sites (N-methyl/N-ethyl adjacent to an activating group) is 1. The number of benzene rings is 1. The molecule has 1 aliphatic rings. The van der Waals surface area contributed by atoms with Gasteiger partial charge in [0.15, 0.2) is 6.10 Å². The molecular weight excluding hydrogens is 192 g/mol. The van der Waals surface area contributed by atoms with Gasteiger partial charge in [0.1, 0.15) is 11.4 Å². The van der Waals surface area contributed by atoms with Crippen molar-refractivity contribution in [2.75, 3.05) is 17.2 Å². The maximum atomic E-state index is 11.8. The lowest BCUT2D eigenvalue weighted by Crippen LogP contribution is -2.44. The smallest absolute Gasteiger partial charge is 0.267 e. The van der Waals surface area contributed by atoms with Crippen molar-refractivity contribution in [2.24, 2.45) is 0 Å². The first kappa shape index (κ1) is 9.83. The number of anilines is 2. The molecule has 1 heterocycles. The highest BCUT2D eigenvalue weighted by atomic mass is 16.5. The first-order valence-electron chi connectivity index (χ1n) is 5.01. The summed E-state index contributed by atoms with van der Waals surface area (Å²) in [4.78, 5) is 13.5. The lowest BCUT2D eigenvalue weighted by molar-refractivity contribution is -0.125. The van der Waals surface area contributed by atoms with Crippen LogP contribution in [0.25, 0.3) is 0 Å². The van der Waals surface area contributed by atoms with Crippen molar-refractivity contribution in [1.82, 2.24) is 0 Å². The van der Waals surface area contributed by atoms with E-state index in [1.165, 1.54) is 0 Å². The van der Waals surface area contributed by atoms with Gasteiger partial charge in [-0.2, -0.15) is 0 Å². The van der Waals surface area contributed by atoms with Crippen LogP contribution in [0, 0.1) is 0 Å². The Morgan fingerprint density at radius 2 is 2.27 bits per heavy atom. The van der Waals surface area contributed by atoms with Gasteiger partial charge in [-0.15, -0.1) is 0 Å². The number of nitrogen functional groups attached to an aromatic ring is 1. The Balaban J connectivity index is 2.56. The average Bonchev–Trinajstić information content (AvgIpc) is 2.21. The number of para-hydroxylation sites is 1. The zero-order chi connectivity index (χ0) is 11.0. The summed E-state index contributed by atoms with van der Waals surface area (Å²) in [7, 11) is 0. The molecule has 4 nitrogen and oxygen atoms in total. The molecule has 0 aliphatic carbocycles. The number of amides is 1. The van der Waals surface area contributed by atoms with E-state index in [4.69, 9.17) is 10.5 Å². The van der Waals surface area contributed by atoms with Crippen molar-refractivity contribution >= 4 is 17.3 Å². The van der Waals surface area contributed by atoms with Crippen molar-refractivity contribution in [2.45, 2.75) is 20.0 Å². The Morgan fingerprint density at radius 3 is 2.93 bits per heavy atom. The molecule has 0 saturated carbocycles. The van der Waals surface area contributed by atoms with Gasteiger partial charge < -0.3 is 15.4 Å². The fourth-order valence-corrected chi connectivity index (χ4v) is 1.81. The van der Waals surface area contributed by atoms with E-state index in [1.807, 2.05) is 19.1 Å². The molecule has 1 unspecified atom stereocenters. The molecule has 1 aromatic carbocycles. The van der Waals surface area contributed by atoms with Crippen LogP contribution in [0.5, 0.6) is 5.75 Å². The molecule has 0 aromatic heterocycles. The number of carbonyl (C=O) groups is 1. The van der Waals surface area contributed by atoms with Crippen molar-refractivity contribution in [3.8, 4) is 5.75 Å². The number of nitrogens with two attached hydrogens (primary N) is 1. The Hall–Kier alpha value is -1.71. The predicted molar refractivity (Wildman–Crippen MR) is 59.0 cm³/mol. The van der Waals surface area contributed by atoms with Gasteiger partial charge in [-0.05, 0) is 26.0 Å². The zero-order valence-electron chi connectivity index (χ0n) is 8.86. The molecule has 0 fully saturated rings. The van der Waals surface area contributed by atoms with E-state index in [9.17, 15) is 4.79 Å². The molecule has 80 valence electrons. The molecule has 1 atom stereocenters. The molecule has 0 bridgehead atoms. The SMILES string of the molecule is CCN1C(=O)C(C)Oc2cccc(N)c21. The Labute approximate surface area is 88.6 Å². The molecule has 2 rings (SSSR count). The van der Waals surface area contributed by atoms with Crippen LogP contribution in [0.4, 0.5) is 11.4 Å². The minimum absolute atomic E-state index is 0.0390. The van der Waals surface area contributed by atoms with E-state index >= 15 is 0 Å². The minimum Gasteiger partial charge on any atom is -0.479 e. The number of fused-ring (bicyclic) bond motifs is 1. The van der Waals surface area contributed by atoms with Crippen molar-refractivity contribution in [3.05, 3.63) is 18.2 Å². The first-order chi connectivity index (χ1) is 7.15. The van der Waals surface area contributed by atoms with Crippen LogP contribution >= 0.6 is 0 Å². The van der Waals surface area contributed by atoms with E-state index < -0.39 is 6.10 Å². The lowest BCUT2D eigenvalue weighted by Gasteiger charge is -2.33. The summed E-state index contributed by atoms with van der Waals surface area (Å²) in [6, 6.07) is 5.43. The summed E-state index contributed by atoms with van der Waals surface area (Å²) in [5.41, 5.74) is 7.12. The standard InChI is InChI=1S/C11H14N2O2/c1-3-13-10-8(12)5-4-6-9(10)15-7(2)11(13)14/h4-7H,3,12H2,1-2H3. The third-order valence-corrected chi connectivity index (χ3v) is 2.53. The van der Waals surface area contributed by atoms with Crippen LogP contribution < -0.4 is 15.4 Å². The van der Waals surface area contributed by atoms with Gasteiger partial charge in [0.05, 0.1) is 5.69 Å². The number of carbonyl (C=O) groups excluding carboxylic acids is 1. The molecular formula is C11H14N2O2. The van der Waals surface area contributed by atoms with E-state index in [0.717, 1.165) is 0 Å². The number of nitrogens with zero attached hydrogens (tertiary/aromatic N) is 1. The van der Waals surface area contributed by atoms with Crippen LogP contribution in [0.3, 0.4) is 0 Å².